The van der Waals surface area contributed by atoms with E-state index in [9.17, 15) is 14.4 Å². The third kappa shape index (κ3) is 6.46. The van der Waals surface area contributed by atoms with E-state index in [-0.39, 0.29) is 41.6 Å². The first kappa shape index (κ1) is 26.6. The van der Waals surface area contributed by atoms with Gasteiger partial charge in [0.15, 0.2) is 0 Å². The van der Waals surface area contributed by atoms with E-state index >= 15 is 0 Å². The maximum atomic E-state index is 13.3. The van der Waals surface area contributed by atoms with E-state index in [1.165, 1.54) is 13.3 Å². The van der Waals surface area contributed by atoms with E-state index in [4.69, 9.17) is 20.8 Å². The zero-order chi connectivity index (χ0) is 26.5. The number of pyridine rings is 1. The number of halogens is 1. The van der Waals surface area contributed by atoms with Crippen LogP contribution in [0, 0.1) is 5.92 Å². The molecule has 3 N–H and O–H groups in total. The van der Waals surface area contributed by atoms with Crippen molar-refractivity contribution >= 4 is 57.5 Å². The maximum absolute atomic E-state index is 13.3. The van der Waals surface area contributed by atoms with Crippen LogP contribution in [0.1, 0.15) is 36.2 Å². The monoisotopic (exact) mass is 527 g/mol. The molecule has 2 aromatic heterocycles. The Morgan fingerprint density at radius 1 is 1.08 bits per heavy atom. The fourth-order valence-corrected chi connectivity index (χ4v) is 4.60. The van der Waals surface area contributed by atoms with Crippen molar-refractivity contribution in [2.45, 2.75) is 31.7 Å². The van der Waals surface area contributed by atoms with Crippen LogP contribution in [0.4, 0.5) is 17.2 Å². The molecule has 0 radical (unpaired) electrons. The Labute approximate surface area is 219 Å². The minimum Gasteiger partial charge on any atom is -0.449 e. The molecule has 3 aromatic rings. The number of nitrogens with zero attached hydrogens (tertiary/aromatic N) is 2. The van der Waals surface area contributed by atoms with Gasteiger partial charge in [-0.25, -0.2) is 4.98 Å². The first-order valence-electron chi connectivity index (χ1n) is 12.0. The summed E-state index contributed by atoms with van der Waals surface area (Å²) in [7, 11) is 5.52. The molecule has 4 rings (SSSR count). The minimum absolute atomic E-state index is 0.0672. The molecule has 1 aliphatic carbocycles. The van der Waals surface area contributed by atoms with Gasteiger partial charge in [0.1, 0.15) is 23.7 Å². The number of methoxy groups -OCH3 is 1. The molecular formula is C26H30ClN5O5. The Morgan fingerprint density at radius 2 is 1.84 bits per heavy atom. The third-order valence-electron chi connectivity index (χ3n) is 6.47. The Hall–Kier alpha value is -3.47. The molecule has 0 unspecified atom stereocenters. The van der Waals surface area contributed by atoms with Crippen molar-refractivity contribution in [3.05, 3.63) is 47.3 Å². The van der Waals surface area contributed by atoms with Crippen LogP contribution < -0.4 is 16.0 Å². The lowest BCUT2D eigenvalue weighted by atomic mass is 9.85. The average molecular weight is 528 g/mol. The van der Waals surface area contributed by atoms with E-state index in [0.29, 0.717) is 27.7 Å². The average Bonchev–Trinajstić information content (AvgIpc) is 3.23. The van der Waals surface area contributed by atoms with Crippen LogP contribution in [-0.4, -0.2) is 61.5 Å². The summed E-state index contributed by atoms with van der Waals surface area (Å²) in [5, 5.41) is 9.27. The molecule has 1 aliphatic rings. The van der Waals surface area contributed by atoms with Gasteiger partial charge in [-0.1, -0.05) is 11.6 Å². The number of fused-ring (bicyclic) bond motifs is 1. The highest BCUT2D eigenvalue weighted by Crippen LogP contribution is 2.35. The number of amides is 3. The number of hydrogen-bond acceptors (Lipinski definition) is 7. The second kappa shape index (κ2) is 11.7. The highest BCUT2D eigenvalue weighted by atomic mass is 35.5. The molecule has 0 spiro atoms. The molecule has 0 bridgehead atoms. The molecular weight excluding hydrogens is 498 g/mol. The van der Waals surface area contributed by atoms with Gasteiger partial charge in [0.25, 0.3) is 5.91 Å². The normalized spacial score (nSPS) is 17.5. The Morgan fingerprint density at radius 3 is 2.49 bits per heavy atom. The molecule has 196 valence electrons. The molecule has 0 atom stereocenters. The van der Waals surface area contributed by atoms with Crippen LogP contribution in [0.15, 0.2) is 40.9 Å². The van der Waals surface area contributed by atoms with Gasteiger partial charge in [0.2, 0.25) is 17.6 Å². The molecule has 11 heteroatoms. The van der Waals surface area contributed by atoms with Crippen molar-refractivity contribution < 1.29 is 23.5 Å². The molecule has 1 aromatic carbocycles. The van der Waals surface area contributed by atoms with Crippen molar-refractivity contribution in [1.82, 2.24) is 9.88 Å². The highest BCUT2D eigenvalue weighted by molar-refractivity contribution is 6.30. The summed E-state index contributed by atoms with van der Waals surface area (Å²) in [5.74, 6) is -1.06. The first-order valence-corrected chi connectivity index (χ1v) is 12.4. The lowest BCUT2D eigenvalue weighted by Crippen LogP contribution is -2.35. The number of carbonyl (C=O) groups is 3. The summed E-state index contributed by atoms with van der Waals surface area (Å²) in [6, 6.07) is 8.55. The third-order valence-corrected chi connectivity index (χ3v) is 6.69. The largest absolute Gasteiger partial charge is 0.449 e. The number of carbonyl (C=O) groups excluding carboxylic acids is 3. The SMILES string of the molecule is COCC(=O)Nc1ccc2oc(C(=O)Nc3ccc(Cl)cn3)c(NC(=O)C3CCC(N(C)C)CC3)c2c1. The van der Waals surface area contributed by atoms with Crippen LogP contribution in [-0.2, 0) is 14.3 Å². The van der Waals surface area contributed by atoms with Gasteiger partial charge in [-0.05, 0) is 70.1 Å². The fourth-order valence-electron chi connectivity index (χ4n) is 4.49. The van der Waals surface area contributed by atoms with Crippen molar-refractivity contribution in [1.29, 1.82) is 0 Å². The van der Waals surface area contributed by atoms with Gasteiger partial charge >= 0.3 is 0 Å². The molecule has 10 nitrogen and oxygen atoms in total. The Kier molecular flexibility index (Phi) is 8.42. The van der Waals surface area contributed by atoms with E-state index in [1.54, 1.807) is 30.3 Å². The fraction of sp³-hybridized carbons (Fsp3) is 0.385. The predicted molar refractivity (Wildman–Crippen MR) is 142 cm³/mol. The molecule has 37 heavy (non-hydrogen) atoms. The molecule has 1 fully saturated rings. The van der Waals surface area contributed by atoms with E-state index in [0.717, 1.165) is 25.7 Å². The second-order valence-corrected chi connectivity index (χ2v) is 9.71. The second-order valence-electron chi connectivity index (χ2n) is 9.27. The zero-order valence-electron chi connectivity index (χ0n) is 21.0. The number of ether oxygens (including phenoxy) is 1. The predicted octanol–water partition coefficient (Wildman–Crippen LogP) is 4.38. The van der Waals surface area contributed by atoms with E-state index < -0.39 is 5.91 Å². The molecule has 0 aliphatic heterocycles. The topological polar surface area (TPSA) is 126 Å². The summed E-state index contributed by atoms with van der Waals surface area (Å²) >= 11 is 5.89. The number of aromatic nitrogens is 1. The molecule has 0 saturated heterocycles. The van der Waals surface area contributed by atoms with Crippen molar-refractivity contribution in [3.63, 3.8) is 0 Å². The summed E-state index contributed by atoms with van der Waals surface area (Å²) in [5.41, 5.74) is 1.10. The smallest absolute Gasteiger partial charge is 0.294 e. The van der Waals surface area contributed by atoms with Crippen LogP contribution in [0.5, 0.6) is 0 Å². The summed E-state index contributed by atoms with van der Waals surface area (Å²) in [6.45, 7) is -0.107. The number of benzene rings is 1. The van der Waals surface area contributed by atoms with Gasteiger partial charge in [0.05, 0.1) is 5.02 Å². The number of anilines is 3. The summed E-state index contributed by atoms with van der Waals surface area (Å²) < 4.78 is 10.7. The molecule has 1 saturated carbocycles. The summed E-state index contributed by atoms with van der Waals surface area (Å²) in [6.07, 6.45) is 4.75. The van der Waals surface area contributed by atoms with Gasteiger partial charge in [-0.2, -0.15) is 0 Å². The van der Waals surface area contributed by atoms with Crippen molar-refractivity contribution in [2.24, 2.45) is 5.92 Å². The molecule has 2 heterocycles. The lowest BCUT2D eigenvalue weighted by Gasteiger charge is -2.31. The highest BCUT2D eigenvalue weighted by Gasteiger charge is 2.30. The first-order chi connectivity index (χ1) is 17.7. The maximum Gasteiger partial charge on any atom is 0.294 e. The minimum atomic E-state index is -0.581. The zero-order valence-corrected chi connectivity index (χ0v) is 21.7. The summed E-state index contributed by atoms with van der Waals surface area (Å²) in [4.78, 5) is 44.8. The Balaban J connectivity index is 1.63. The lowest BCUT2D eigenvalue weighted by molar-refractivity contribution is -0.121. The van der Waals surface area contributed by atoms with Crippen molar-refractivity contribution in [2.75, 3.05) is 43.8 Å². The van der Waals surface area contributed by atoms with Gasteiger partial charge in [-0.3, -0.25) is 14.4 Å². The number of hydrogen-bond donors (Lipinski definition) is 3. The standard InChI is InChI=1S/C26H30ClN5O5/c1-32(2)18-8-4-15(5-9-18)25(34)31-23-19-12-17(29-22(33)14-36-3)7-10-20(19)37-24(23)26(35)30-21-11-6-16(27)13-28-21/h6-7,10-13,15,18H,4-5,8-9,14H2,1-3H3,(H,29,33)(H,31,34)(H,28,30,35). The van der Waals surface area contributed by atoms with E-state index in [1.807, 2.05) is 14.1 Å². The van der Waals surface area contributed by atoms with Gasteiger partial charge in [-0.15, -0.1) is 0 Å². The quantitative estimate of drug-likeness (QED) is 0.397. The van der Waals surface area contributed by atoms with Crippen LogP contribution >= 0.6 is 11.6 Å². The molecule has 3 amide bonds. The van der Waals surface area contributed by atoms with E-state index in [2.05, 4.69) is 25.8 Å². The van der Waals surface area contributed by atoms with Crippen LogP contribution in [0.3, 0.4) is 0 Å². The number of furan rings is 1. The van der Waals surface area contributed by atoms with Gasteiger partial charge in [0, 0.05) is 36.3 Å². The van der Waals surface area contributed by atoms with Crippen molar-refractivity contribution in [3.8, 4) is 0 Å². The van der Waals surface area contributed by atoms with Gasteiger partial charge < -0.3 is 30.0 Å². The Bertz CT molecular complexity index is 1280. The number of nitrogens with one attached hydrogen (secondary N) is 3. The number of rotatable bonds is 8. The van der Waals surface area contributed by atoms with Crippen LogP contribution in [0.2, 0.25) is 5.02 Å². The van der Waals surface area contributed by atoms with Crippen LogP contribution in [0.25, 0.3) is 11.0 Å².